The van der Waals surface area contributed by atoms with Gasteiger partial charge in [-0.2, -0.15) is 10.2 Å². The van der Waals surface area contributed by atoms with Gasteiger partial charge in [0.05, 0.1) is 13.3 Å². The Balaban J connectivity index is 1.39. The number of halogens is 1. The van der Waals surface area contributed by atoms with Gasteiger partial charge in [0.25, 0.3) is 0 Å². The normalized spacial score (nSPS) is 17.3. The Labute approximate surface area is 180 Å². The second-order valence-electron chi connectivity index (χ2n) is 8.13. The summed E-state index contributed by atoms with van der Waals surface area (Å²) in [7, 11) is 3.53. The van der Waals surface area contributed by atoms with Gasteiger partial charge >= 0.3 is 0 Å². The summed E-state index contributed by atoms with van der Waals surface area (Å²) in [5.41, 5.74) is 3.54. The summed E-state index contributed by atoms with van der Waals surface area (Å²) in [4.78, 5) is 7.22. The molecule has 160 valence electrons. The smallest absolute Gasteiger partial charge is 0.156 e. The number of likely N-dealkylation sites (tertiary alicyclic amines) is 1. The van der Waals surface area contributed by atoms with E-state index in [9.17, 15) is 4.39 Å². The number of rotatable bonds is 5. The Kier molecular flexibility index (Phi) is 5.15. The van der Waals surface area contributed by atoms with E-state index in [0.29, 0.717) is 11.3 Å². The number of hydrogen-bond donors (Lipinski definition) is 0. The summed E-state index contributed by atoms with van der Waals surface area (Å²) in [6.07, 6.45) is 8.07. The molecule has 5 rings (SSSR count). The standard InChI is InChI=1S/C23H25FN6O/c1-28-12-16(11-25-28)13-29-9-3-4-18(14-29)23-26-22-8-5-17(15-30(22)27-23)20-10-19(24)6-7-21(20)31-2/h5-8,10-12,15,18H,3-4,9,13-14H2,1-2H3/t18-/m1/s1. The molecule has 0 saturated carbocycles. The first-order chi connectivity index (χ1) is 15.1. The van der Waals surface area contributed by atoms with Crippen molar-refractivity contribution in [1.29, 1.82) is 0 Å². The van der Waals surface area contributed by atoms with Crippen molar-refractivity contribution in [1.82, 2.24) is 29.3 Å². The summed E-state index contributed by atoms with van der Waals surface area (Å²) >= 11 is 0. The average molecular weight is 420 g/mol. The van der Waals surface area contributed by atoms with E-state index in [0.717, 1.165) is 49.5 Å². The third kappa shape index (κ3) is 4.03. The van der Waals surface area contributed by atoms with Gasteiger partial charge in [-0.25, -0.2) is 13.9 Å². The van der Waals surface area contributed by atoms with Crippen molar-refractivity contribution in [2.24, 2.45) is 7.05 Å². The number of aryl methyl sites for hydroxylation is 1. The SMILES string of the molecule is COc1ccc(F)cc1-c1ccc2nc([C@@H]3CCCN(Cc4cnn(C)c4)C3)nn2c1. The van der Waals surface area contributed by atoms with E-state index in [1.54, 1.807) is 17.7 Å². The largest absolute Gasteiger partial charge is 0.496 e. The highest BCUT2D eigenvalue weighted by Crippen LogP contribution is 2.31. The molecule has 0 bridgehead atoms. The molecule has 1 aromatic carbocycles. The molecule has 0 amide bonds. The first-order valence-corrected chi connectivity index (χ1v) is 10.5. The van der Waals surface area contributed by atoms with Crippen LogP contribution >= 0.6 is 0 Å². The van der Waals surface area contributed by atoms with Gasteiger partial charge in [-0.1, -0.05) is 0 Å². The topological polar surface area (TPSA) is 60.5 Å². The number of piperidine rings is 1. The fraction of sp³-hybridized carbons (Fsp3) is 0.348. The maximum Gasteiger partial charge on any atom is 0.156 e. The van der Waals surface area contributed by atoms with Crippen LogP contribution in [0, 0.1) is 5.82 Å². The van der Waals surface area contributed by atoms with Crippen LogP contribution in [0.5, 0.6) is 5.75 Å². The summed E-state index contributed by atoms with van der Waals surface area (Å²) in [6, 6.07) is 8.37. The number of nitrogens with zero attached hydrogens (tertiary/aromatic N) is 6. The molecule has 3 aromatic heterocycles. The predicted molar refractivity (Wildman–Crippen MR) is 115 cm³/mol. The van der Waals surface area contributed by atoms with E-state index in [4.69, 9.17) is 14.8 Å². The Hall–Kier alpha value is -3.26. The van der Waals surface area contributed by atoms with Crippen molar-refractivity contribution < 1.29 is 9.13 Å². The minimum Gasteiger partial charge on any atom is -0.496 e. The second kappa shape index (κ2) is 8.11. The maximum atomic E-state index is 13.8. The van der Waals surface area contributed by atoms with E-state index in [2.05, 4.69) is 16.2 Å². The molecular weight excluding hydrogens is 395 g/mol. The number of benzene rings is 1. The van der Waals surface area contributed by atoms with Crippen molar-refractivity contribution in [3.8, 4) is 16.9 Å². The number of ether oxygens (including phenoxy) is 1. The lowest BCUT2D eigenvalue weighted by Gasteiger charge is -2.30. The summed E-state index contributed by atoms with van der Waals surface area (Å²) < 4.78 is 22.9. The Morgan fingerprint density at radius 2 is 2.10 bits per heavy atom. The summed E-state index contributed by atoms with van der Waals surface area (Å²) in [5.74, 6) is 1.47. The van der Waals surface area contributed by atoms with Crippen LogP contribution in [0.4, 0.5) is 4.39 Å². The number of methoxy groups -OCH3 is 1. The van der Waals surface area contributed by atoms with Gasteiger partial charge in [0.15, 0.2) is 11.5 Å². The van der Waals surface area contributed by atoms with E-state index in [-0.39, 0.29) is 11.7 Å². The third-order valence-electron chi connectivity index (χ3n) is 5.86. The number of aromatic nitrogens is 5. The Morgan fingerprint density at radius 1 is 1.19 bits per heavy atom. The number of hydrogen-bond acceptors (Lipinski definition) is 5. The van der Waals surface area contributed by atoms with Gasteiger partial charge in [0.1, 0.15) is 11.6 Å². The molecule has 1 aliphatic heterocycles. The fourth-order valence-corrected chi connectivity index (χ4v) is 4.36. The molecule has 1 atom stereocenters. The van der Waals surface area contributed by atoms with Crippen LogP contribution in [0.1, 0.15) is 30.1 Å². The molecule has 8 heteroatoms. The van der Waals surface area contributed by atoms with Crippen LogP contribution < -0.4 is 4.74 Å². The molecule has 0 aliphatic carbocycles. The van der Waals surface area contributed by atoms with Crippen LogP contribution in [0.3, 0.4) is 0 Å². The predicted octanol–water partition coefficient (Wildman–Crippen LogP) is 3.66. The van der Waals surface area contributed by atoms with Gasteiger partial charge in [-0.3, -0.25) is 9.58 Å². The number of pyridine rings is 1. The molecule has 1 saturated heterocycles. The molecule has 7 nitrogen and oxygen atoms in total. The van der Waals surface area contributed by atoms with Crippen LogP contribution in [0.15, 0.2) is 48.9 Å². The Morgan fingerprint density at radius 3 is 2.90 bits per heavy atom. The van der Waals surface area contributed by atoms with Gasteiger partial charge in [0.2, 0.25) is 0 Å². The second-order valence-corrected chi connectivity index (χ2v) is 8.13. The van der Waals surface area contributed by atoms with Crippen molar-refractivity contribution in [2.75, 3.05) is 20.2 Å². The lowest BCUT2D eigenvalue weighted by molar-refractivity contribution is 0.196. The molecule has 1 aliphatic rings. The molecule has 31 heavy (non-hydrogen) atoms. The minimum absolute atomic E-state index is 0.289. The van der Waals surface area contributed by atoms with E-state index in [1.807, 2.05) is 36.3 Å². The molecule has 4 aromatic rings. The quantitative estimate of drug-likeness (QED) is 0.493. The van der Waals surface area contributed by atoms with Gasteiger partial charge < -0.3 is 4.74 Å². The molecule has 0 spiro atoms. The third-order valence-corrected chi connectivity index (χ3v) is 5.86. The lowest BCUT2D eigenvalue weighted by atomic mass is 9.97. The van der Waals surface area contributed by atoms with Crippen molar-refractivity contribution in [3.05, 3.63) is 66.1 Å². The van der Waals surface area contributed by atoms with Gasteiger partial charge in [-0.05, 0) is 49.7 Å². The molecule has 0 N–H and O–H groups in total. The van der Waals surface area contributed by atoms with Crippen LogP contribution in [-0.4, -0.2) is 49.5 Å². The minimum atomic E-state index is -0.300. The van der Waals surface area contributed by atoms with Crippen molar-refractivity contribution >= 4 is 5.65 Å². The first-order valence-electron chi connectivity index (χ1n) is 10.5. The zero-order valence-electron chi connectivity index (χ0n) is 17.7. The maximum absolute atomic E-state index is 13.8. The zero-order chi connectivity index (χ0) is 21.4. The van der Waals surface area contributed by atoms with E-state index >= 15 is 0 Å². The zero-order valence-corrected chi connectivity index (χ0v) is 17.7. The van der Waals surface area contributed by atoms with Crippen molar-refractivity contribution in [3.63, 3.8) is 0 Å². The van der Waals surface area contributed by atoms with Gasteiger partial charge in [0, 0.05) is 55.1 Å². The molecule has 4 heterocycles. The fourth-order valence-electron chi connectivity index (χ4n) is 4.36. The van der Waals surface area contributed by atoms with E-state index in [1.165, 1.54) is 17.7 Å². The van der Waals surface area contributed by atoms with Crippen LogP contribution in [0.25, 0.3) is 16.8 Å². The van der Waals surface area contributed by atoms with Crippen LogP contribution in [-0.2, 0) is 13.6 Å². The molecule has 0 radical (unpaired) electrons. The van der Waals surface area contributed by atoms with E-state index < -0.39 is 0 Å². The van der Waals surface area contributed by atoms with Crippen LogP contribution in [0.2, 0.25) is 0 Å². The average Bonchev–Trinajstić information content (AvgIpc) is 3.39. The highest BCUT2D eigenvalue weighted by Gasteiger charge is 2.25. The highest BCUT2D eigenvalue weighted by atomic mass is 19.1. The molecular formula is C23H25FN6O. The monoisotopic (exact) mass is 420 g/mol. The number of fused-ring (bicyclic) bond motifs is 1. The highest BCUT2D eigenvalue weighted by molar-refractivity contribution is 5.71. The van der Waals surface area contributed by atoms with Crippen molar-refractivity contribution in [2.45, 2.75) is 25.3 Å². The molecule has 0 unspecified atom stereocenters. The summed E-state index contributed by atoms with van der Waals surface area (Å²) in [6.45, 7) is 2.89. The first kappa shape index (κ1) is 19.7. The Bertz CT molecular complexity index is 1220. The lowest BCUT2D eigenvalue weighted by Crippen LogP contribution is -2.34. The molecule has 1 fully saturated rings. The summed E-state index contributed by atoms with van der Waals surface area (Å²) in [5, 5.41) is 9.04. The van der Waals surface area contributed by atoms with Gasteiger partial charge in [-0.15, -0.1) is 0 Å².